The van der Waals surface area contributed by atoms with Crippen LogP contribution in [-0.2, 0) is 11.3 Å². The number of ether oxygens (including phenoxy) is 1. The molecule has 2 N–H and O–H groups in total. The minimum Gasteiger partial charge on any atom is -0.504 e. The number of phenols is 1. The third-order valence-corrected chi connectivity index (χ3v) is 2.78. The Hall–Kier alpha value is -1.75. The summed E-state index contributed by atoms with van der Waals surface area (Å²) in [6.45, 7) is 5.11. The predicted molar refractivity (Wildman–Crippen MR) is 72.4 cm³/mol. The van der Waals surface area contributed by atoms with Crippen LogP contribution in [0, 0.1) is 5.92 Å². The summed E-state index contributed by atoms with van der Waals surface area (Å²) in [5, 5.41) is 18.5. The Morgan fingerprint density at radius 2 is 2.16 bits per heavy atom. The van der Waals surface area contributed by atoms with Crippen LogP contribution in [0.2, 0.25) is 0 Å². The van der Waals surface area contributed by atoms with Crippen LogP contribution in [0.1, 0.15) is 19.4 Å². The maximum atomic E-state index is 10.8. The minimum absolute atomic E-state index is 0.118. The molecule has 0 heterocycles. The second-order valence-electron chi connectivity index (χ2n) is 4.67. The van der Waals surface area contributed by atoms with Gasteiger partial charge in [0.2, 0.25) is 0 Å². The monoisotopic (exact) mass is 267 g/mol. The minimum atomic E-state index is -0.799. The van der Waals surface area contributed by atoms with Crippen molar-refractivity contribution in [3.05, 3.63) is 23.8 Å². The number of aliphatic carboxylic acids is 1. The molecule has 1 aromatic carbocycles. The third kappa shape index (κ3) is 4.79. The van der Waals surface area contributed by atoms with Crippen molar-refractivity contribution in [2.24, 2.45) is 5.92 Å². The van der Waals surface area contributed by atoms with Gasteiger partial charge in [-0.15, -0.1) is 0 Å². The molecule has 1 rings (SSSR count). The quantitative estimate of drug-likeness (QED) is 0.790. The molecular weight excluding hydrogens is 246 g/mol. The van der Waals surface area contributed by atoms with Gasteiger partial charge >= 0.3 is 5.97 Å². The van der Waals surface area contributed by atoms with E-state index in [2.05, 4.69) is 0 Å². The molecule has 0 spiro atoms. The lowest BCUT2D eigenvalue weighted by atomic mass is 10.1. The van der Waals surface area contributed by atoms with Crippen molar-refractivity contribution in [1.29, 1.82) is 0 Å². The van der Waals surface area contributed by atoms with Gasteiger partial charge in [-0.25, -0.2) is 0 Å². The summed E-state index contributed by atoms with van der Waals surface area (Å²) in [6, 6.07) is 5.18. The van der Waals surface area contributed by atoms with Gasteiger partial charge in [0.15, 0.2) is 11.5 Å². The molecule has 0 aliphatic heterocycles. The van der Waals surface area contributed by atoms with Crippen molar-refractivity contribution in [2.75, 3.05) is 20.2 Å². The summed E-state index contributed by atoms with van der Waals surface area (Å²) in [5.74, 6) is -0.632. The molecule has 1 unspecified atom stereocenters. The highest BCUT2D eigenvalue weighted by Gasteiger charge is 2.14. The molecule has 0 aliphatic carbocycles. The Balaban J connectivity index is 2.66. The first kappa shape index (κ1) is 15.3. The van der Waals surface area contributed by atoms with E-state index in [-0.39, 0.29) is 5.75 Å². The largest absolute Gasteiger partial charge is 0.504 e. The zero-order valence-corrected chi connectivity index (χ0v) is 11.6. The lowest BCUT2D eigenvalue weighted by Gasteiger charge is -2.19. The van der Waals surface area contributed by atoms with E-state index in [0.717, 1.165) is 5.56 Å². The Morgan fingerprint density at radius 3 is 2.74 bits per heavy atom. The van der Waals surface area contributed by atoms with Gasteiger partial charge in [-0.3, -0.25) is 4.79 Å². The van der Waals surface area contributed by atoms with E-state index in [4.69, 9.17) is 9.84 Å². The number of phenolic OH excluding ortho intramolecular Hbond substituents is 1. The molecular formula is C14H21NO4. The van der Waals surface area contributed by atoms with E-state index < -0.39 is 11.9 Å². The first-order valence-electron chi connectivity index (χ1n) is 6.30. The fourth-order valence-electron chi connectivity index (χ4n) is 1.85. The molecule has 0 aromatic heterocycles. The summed E-state index contributed by atoms with van der Waals surface area (Å²) in [4.78, 5) is 12.7. The van der Waals surface area contributed by atoms with E-state index in [1.165, 1.54) is 0 Å². The van der Waals surface area contributed by atoms with Gasteiger partial charge < -0.3 is 19.8 Å². The Bertz CT molecular complexity index is 433. The molecule has 106 valence electrons. The molecule has 0 amide bonds. The number of hydrogen-bond donors (Lipinski definition) is 2. The molecule has 19 heavy (non-hydrogen) atoms. The Morgan fingerprint density at radius 1 is 1.47 bits per heavy atom. The van der Waals surface area contributed by atoms with Gasteiger partial charge in [-0.05, 0) is 31.7 Å². The van der Waals surface area contributed by atoms with Crippen LogP contribution >= 0.6 is 0 Å². The highest BCUT2D eigenvalue weighted by atomic mass is 16.5. The van der Waals surface area contributed by atoms with E-state index >= 15 is 0 Å². The number of benzene rings is 1. The highest BCUT2D eigenvalue weighted by molar-refractivity contribution is 5.69. The van der Waals surface area contributed by atoms with E-state index in [1.807, 2.05) is 18.9 Å². The fraction of sp³-hybridized carbons (Fsp3) is 0.500. The zero-order valence-electron chi connectivity index (χ0n) is 11.6. The first-order chi connectivity index (χ1) is 8.93. The van der Waals surface area contributed by atoms with Gasteiger partial charge in [-0.1, -0.05) is 13.0 Å². The summed E-state index contributed by atoms with van der Waals surface area (Å²) in [6.07, 6.45) is 0. The van der Waals surface area contributed by atoms with Gasteiger partial charge in [0.1, 0.15) is 0 Å². The van der Waals surface area contributed by atoms with Crippen molar-refractivity contribution < 1.29 is 19.7 Å². The van der Waals surface area contributed by atoms with Crippen LogP contribution in [0.3, 0.4) is 0 Å². The van der Waals surface area contributed by atoms with Gasteiger partial charge in [0.25, 0.3) is 0 Å². The number of carboxylic acid groups (broad SMARTS) is 1. The first-order valence-corrected chi connectivity index (χ1v) is 6.30. The average molecular weight is 267 g/mol. The van der Waals surface area contributed by atoms with Crippen molar-refractivity contribution in [1.82, 2.24) is 4.90 Å². The van der Waals surface area contributed by atoms with Gasteiger partial charge in [0, 0.05) is 13.1 Å². The number of nitrogens with zero attached hydrogens (tertiary/aromatic N) is 1. The summed E-state index contributed by atoms with van der Waals surface area (Å²) in [7, 11) is 1.87. The van der Waals surface area contributed by atoms with Crippen LogP contribution < -0.4 is 4.74 Å². The summed E-state index contributed by atoms with van der Waals surface area (Å²) in [5.41, 5.74) is 0.973. The van der Waals surface area contributed by atoms with E-state index in [9.17, 15) is 9.90 Å². The fourth-order valence-corrected chi connectivity index (χ4v) is 1.85. The smallest absolute Gasteiger partial charge is 0.307 e. The van der Waals surface area contributed by atoms with Crippen LogP contribution in [0.25, 0.3) is 0 Å². The van der Waals surface area contributed by atoms with Crippen molar-refractivity contribution in [3.8, 4) is 11.5 Å². The normalized spacial score (nSPS) is 12.4. The van der Waals surface area contributed by atoms with Crippen molar-refractivity contribution in [2.45, 2.75) is 20.4 Å². The molecule has 1 atom stereocenters. The van der Waals surface area contributed by atoms with Crippen molar-refractivity contribution in [3.63, 3.8) is 0 Å². The number of rotatable bonds is 7. The molecule has 0 saturated carbocycles. The Labute approximate surface area is 113 Å². The van der Waals surface area contributed by atoms with Crippen molar-refractivity contribution >= 4 is 5.97 Å². The van der Waals surface area contributed by atoms with E-state index in [1.54, 1.807) is 25.1 Å². The SMILES string of the molecule is CCOc1cc(CN(C)CC(C)C(=O)O)ccc1O. The molecule has 5 heteroatoms. The van der Waals surface area contributed by atoms with Crippen LogP contribution in [0.5, 0.6) is 11.5 Å². The second-order valence-corrected chi connectivity index (χ2v) is 4.67. The lowest BCUT2D eigenvalue weighted by Crippen LogP contribution is -2.28. The van der Waals surface area contributed by atoms with Crippen LogP contribution in [0.15, 0.2) is 18.2 Å². The Kier molecular flexibility index (Phi) is 5.63. The zero-order chi connectivity index (χ0) is 14.4. The molecule has 5 nitrogen and oxygen atoms in total. The number of carbonyl (C=O) groups is 1. The maximum Gasteiger partial charge on any atom is 0.307 e. The number of carboxylic acids is 1. The van der Waals surface area contributed by atoms with Gasteiger partial charge in [-0.2, -0.15) is 0 Å². The number of hydrogen-bond acceptors (Lipinski definition) is 4. The lowest BCUT2D eigenvalue weighted by molar-refractivity contribution is -0.141. The molecule has 0 aliphatic rings. The molecule has 0 bridgehead atoms. The van der Waals surface area contributed by atoms with Crippen LogP contribution in [-0.4, -0.2) is 41.3 Å². The highest BCUT2D eigenvalue weighted by Crippen LogP contribution is 2.27. The summed E-state index contributed by atoms with van der Waals surface area (Å²) < 4.78 is 5.32. The number of aromatic hydroxyl groups is 1. The van der Waals surface area contributed by atoms with Crippen LogP contribution in [0.4, 0.5) is 0 Å². The molecule has 1 aromatic rings. The topological polar surface area (TPSA) is 70.0 Å². The average Bonchev–Trinajstić information content (AvgIpc) is 2.33. The molecule has 0 fully saturated rings. The second kappa shape index (κ2) is 6.99. The molecule has 0 saturated heterocycles. The third-order valence-electron chi connectivity index (χ3n) is 2.78. The van der Waals surface area contributed by atoms with Gasteiger partial charge in [0.05, 0.1) is 12.5 Å². The molecule has 0 radical (unpaired) electrons. The standard InChI is InChI=1S/C14H21NO4/c1-4-19-13-7-11(5-6-12(13)16)9-15(3)8-10(2)14(17)18/h5-7,10,16H,4,8-9H2,1-3H3,(H,17,18). The predicted octanol–water partition coefficient (Wildman–Crippen LogP) is 1.94. The van der Waals surface area contributed by atoms with E-state index in [0.29, 0.717) is 25.4 Å². The summed E-state index contributed by atoms with van der Waals surface area (Å²) >= 11 is 0. The maximum absolute atomic E-state index is 10.8.